The molecule has 1 aromatic carbocycles. The van der Waals surface area contributed by atoms with Gasteiger partial charge in [0.2, 0.25) is 0 Å². The molecule has 0 saturated heterocycles. The zero-order valence-corrected chi connectivity index (χ0v) is 9.17. The molecular formula is C11H9ClN2O. The first-order valence-corrected chi connectivity index (χ1v) is 4.91. The topological polar surface area (TPSA) is 42.3 Å². The van der Waals surface area contributed by atoms with Gasteiger partial charge in [0.1, 0.15) is 11.2 Å². The standard InChI is InChI=1S/C11H9ClN2O/c1-6-5-9(12)8-4-3-7(2)13-11(8)10(6)14-15/h3-5H,1-2H3. The van der Waals surface area contributed by atoms with Crippen LogP contribution in [0.25, 0.3) is 10.9 Å². The van der Waals surface area contributed by atoms with Crippen LogP contribution in [0.15, 0.2) is 23.4 Å². The van der Waals surface area contributed by atoms with Crippen LogP contribution < -0.4 is 0 Å². The molecule has 76 valence electrons. The summed E-state index contributed by atoms with van der Waals surface area (Å²) in [5.74, 6) is 0. The first-order chi connectivity index (χ1) is 7.13. The summed E-state index contributed by atoms with van der Waals surface area (Å²) in [5, 5.41) is 4.37. The third kappa shape index (κ3) is 1.59. The second-order valence-corrected chi connectivity index (χ2v) is 3.87. The van der Waals surface area contributed by atoms with Crippen LogP contribution in [-0.2, 0) is 0 Å². The molecule has 1 aromatic heterocycles. The number of hydrogen-bond acceptors (Lipinski definition) is 3. The minimum atomic E-state index is 0.373. The molecule has 0 aliphatic carbocycles. The van der Waals surface area contributed by atoms with Gasteiger partial charge in [-0.05, 0) is 42.8 Å². The van der Waals surface area contributed by atoms with E-state index >= 15 is 0 Å². The lowest BCUT2D eigenvalue weighted by Gasteiger charge is -2.05. The number of fused-ring (bicyclic) bond motifs is 1. The maximum Gasteiger partial charge on any atom is 0.137 e. The highest BCUT2D eigenvalue weighted by atomic mass is 35.5. The predicted octanol–water partition coefficient (Wildman–Crippen LogP) is 3.90. The molecule has 1 heterocycles. The Bertz CT molecular complexity index is 552. The largest absolute Gasteiger partial charge is 0.251 e. The van der Waals surface area contributed by atoms with E-state index in [1.165, 1.54) is 0 Å². The lowest BCUT2D eigenvalue weighted by molar-refractivity contribution is 1.24. The molecule has 0 bridgehead atoms. The lowest BCUT2D eigenvalue weighted by atomic mass is 10.1. The zero-order chi connectivity index (χ0) is 11.0. The van der Waals surface area contributed by atoms with Crippen molar-refractivity contribution in [2.75, 3.05) is 0 Å². The van der Waals surface area contributed by atoms with Gasteiger partial charge in [-0.3, -0.25) is 4.98 Å². The van der Waals surface area contributed by atoms with E-state index in [-0.39, 0.29) is 0 Å². The molecule has 0 atom stereocenters. The predicted molar refractivity (Wildman–Crippen MR) is 61.7 cm³/mol. The van der Waals surface area contributed by atoms with Crippen LogP contribution in [0.3, 0.4) is 0 Å². The summed E-state index contributed by atoms with van der Waals surface area (Å²) in [7, 11) is 0. The van der Waals surface area contributed by atoms with Crippen molar-refractivity contribution >= 4 is 28.2 Å². The van der Waals surface area contributed by atoms with E-state index in [0.29, 0.717) is 16.2 Å². The van der Waals surface area contributed by atoms with Gasteiger partial charge in [-0.2, -0.15) is 0 Å². The number of nitroso groups, excluding NO2 is 1. The number of aromatic nitrogens is 1. The number of rotatable bonds is 1. The van der Waals surface area contributed by atoms with Crippen LogP contribution in [0.2, 0.25) is 5.02 Å². The number of aryl methyl sites for hydroxylation is 2. The summed E-state index contributed by atoms with van der Waals surface area (Å²) < 4.78 is 0. The Hall–Kier alpha value is -1.48. The molecule has 0 aliphatic heterocycles. The number of hydrogen-bond donors (Lipinski definition) is 0. The van der Waals surface area contributed by atoms with Crippen molar-refractivity contribution < 1.29 is 0 Å². The SMILES string of the molecule is Cc1ccc2c(Cl)cc(C)c(N=O)c2n1. The molecule has 0 aliphatic rings. The highest BCUT2D eigenvalue weighted by Crippen LogP contribution is 2.33. The van der Waals surface area contributed by atoms with E-state index in [9.17, 15) is 4.91 Å². The van der Waals surface area contributed by atoms with Gasteiger partial charge in [-0.15, -0.1) is 4.91 Å². The number of halogens is 1. The Morgan fingerprint density at radius 2 is 2.07 bits per heavy atom. The lowest BCUT2D eigenvalue weighted by Crippen LogP contribution is -1.87. The van der Waals surface area contributed by atoms with Gasteiger partial charge in [-0.25, -0.2) is 0 Å². The van der Waals surface area contributed by atoms with E-state index in [4.69, 9.17) is 11.6 Å². The molecule has 2 rings (SSSR count). The summed E-state index contributed by atoms with van der Waals surface area (Å²) in [6.07, 6.45) is 0. The summed E-state index contributed by atoms with van der Waals surface area (Å²) in [5.41, 5.74) is 2.54. The molecule has 0 amide bonds. The number of nitrogens with zero attached hydrogens (tertiary/aromatic N) is 2. The van der Waals surface area contributed by atoms with Gasteiger partial charge >= 0.3 is 0 Å². The minimum Gasteiger partial charge on any atom is -0.251 e. The zero-order valence-electron chi connectivity index (χ0n) is 8.41. The molecule has 2 aromatic rings. The monoisotopic (exact) mass is 220 g/mol. The quantitative estimate of drug-likeness (QED) is 0.684. The van der Waals surface area contributed by atoms with Crippen molar-refractivity contribution in [1.82, 2.24) is 4.98 Å². The maximum absolute atomic E-state index is 10.7. The average Bonchev–Trinajstić information content (AvgIpc) is 2.17. The van der Waals surface area contributed by atoms with Crippen molar-refractivity contribution in [1.29, 1.82) is 0 Å². The molecule has 0 spiro atoms. The molecular weight excluding hydrogens is 212 g/mol. The summed E-state index contributed by atoms with van der Waals surface area (Å²) in [6.45, 7) is 3.66. The van der Waals surface area contributed by atoms with Crippen molar-refractivity contribution in [3.63, 3.8) is 0 Å². The highest BCUT2D eigenvalue weighted by Gasteiger charge is 2.10. The van der Waals surface area contributed by atoms with Gasteiger partial charge in [0, 0.05) is 11.1 Å². The van der Waals surface area contributed by atoms with Gasteiger partial charge in [0.25, 0.3) is 0 Å². The van der Waals surface area contributed by atoms with Gasteiger partial charge < -0.3 is 0 Å². The summed E-state index contributed by atoms with van der Waals surface area (Å²) in [4.78, 5) is 15.0. The van der Waals surface area contributed by atoms with Gasteiger partial charge in [0.15, 0.2) is 0 Å². The van der Waals surface area contributed by atoms with Gasteiger partial charge in [0.05, 0.1) is 5.02 Å². The molecule has 0 saturated carbocycles. The van der Waals surface area contributed by atoms with Crippen molar-refractivity contribution in [2.45, 2.75) is 13.8 Å². The minimum absolute atomic E-state index is 0.373. The van der Waals surface area contributed by atoms with E-state index in [2.05, 4.69) is 10.2 Å². The Kier molecular flexibility index (Phi) is 2.40. The molecule has 0 N–H and O–H groups in total. The maximum atomic E-state index is 10.7. The normalized spacial score (nSPS) is 10.6. The number of pyridine rings is 1. The highest BCUT2D eigenvalue weighted by molar-refractivity contribution is 6.36. The Morgan fingerprint density at radius 3 is 2.73 bits per heavy atom. The van der Waals surface area contributed by atoms with E-state index in [0.717, 1.165) is 16.6 Å². The van der Waals surface area contributed by atoms with Crippen LogP contribution >= 0.6 is 11.6 Å². The Labute approximate surface area is 92.1 Å². The first-order valence-electron chi connectivity index (χ1n) is 4.53. The van der Waals surface area contributed by atoms with E-state index in [1.807, 2.05) is 19.1 Å². The van der Waals surface area contributed by atoms with E-state index in [1.54, 1.807) is 13.0 Å². The molecule has 0 unspecified atom stereocenters. The smallest absolute Gasteiger partial charge is 0.137 e. The molecule has 4 heteroatoms. The summed E-state index contributed by atoms with van der Waals surface area (Å²) >= 11 is 6.06. The van der Waals surface area contributed by atoms with Crippen LogP contribution in [0, 0.1) is 18.8 Å². The second-order valence-electron chi connectivity index (χ2n) is 3.46. The van der Waals surface area contributed by atoms with Crippen molar-refractivity contribution in [3.05, 3.63) is 39.4 Å². The molecule has 15 heavy (non-hydrogen) atoms. The fourth-order valence-electron chi connectivity index (χ4n) is 1.57. The van der Waals surface area contributed by atoms with Gasteiger partial charge in [-0.1, -0.05) is 11.6 Å². The van der Waals surface area contributed by atoms with Crippen LogP contribution in [-0.4, -0.2) is 4.98 Å². The Balaban J connectivity index is 2.97. The van der Waals surface area contributed by atoms with E-state index < -0.39 is 0 Å². The molecule has 0 radical (unpaired) electrons. The first kappa shape index (κ1) is 10.1. The van der Waals surface area contributed by atoms with Crippen molar-refractivity contribution in [2.24, 2.45) is 5.18 Å². The van der Waals surface area contributed by atoms with Crippen LogP contribution in [0.5, 0.6) is 0 Å². The van der Waals surface area contributed by atoms with Crippen LogP contribution in [0.1, 0.15) is 11.3 Å². The summed E-state index contributed by atoms with van der Waals surface area (Å²) in [6, 6.07) is 5.45. The fraction of sp³-hybridized carbons (Fsp3) is 0.182. The van der Waals surface area contributed by atoms with Crippen molar-refractivity contribution in [3.8, 4) is 0 Å². The molecule has 3 nitrogen and oxygen atoms in total. The fourth-order valence-corrected chi connectivity index (χ4v) is 1.88. The molecule has 0 fully saturated rings. The number of benzene rings is 1. The van der Waals surface area contributed by atoms with Crippen LogP contribution in [0.4, 0.5) is 5.69 Å². The average molecular weight is 221 g/mol. The Morgan fingerprint density at radius 1 is 1.33 bits per heavy atom. The second kappa shape index (κ2) is 3.59. The third-order valence-corrected chi connectivity index (χ3v) is 2.64. The third-order valence-electron chi connectivity index (χ3n) is 2.32.